The lowest BCUT2D eigenvalue weighted by atomic mass is 10.2. The van der Waals surface area contributed by atoms with E-state index in [1.54, 1.807) is 13.0 Å². The molecule has 1 heterocycles. The topological polar surface area (TPSA) is 109 Å². The molecule has 11 heteroatoms. The quantitative estimate of drug-likeness (QED) is 0.477. The fraction of sp³-hybridized carbons (Fsp3) is 0.263. The number of ether oxygens (including phenoxy) is 1. The number of furan rings is 1. The van der Waals surface area contributed by atoms with Gasteiger partial charge < -0.3 is 14.5 Å². The van der Waals surface area contributed by atoms with Crippen LogP contribution in [0, 0.1) is 5.41 Å². The van der Waals surface area contributed by atoms with Gasteiger partial charge in [-0.25, -0.2) is 8.42 Å². The van der Waals surface area contributed by atoms with Crippen LogP contribution in [0.25, 0.3) is 17.0 Å². The largest absolute Gasteiger partial charge is 0.465 e. The van der Waals surface area contributed by atoms with Crippen LogP contribution in [0.1, 0.15) is 12.7 Å². The average Bonchev–Trinajstić information content (AvgIpc) is 3.14. The van der Waals surface area contributed by atoms with Gasteiger partial charge in [0.05, 0.1) is 17.2 Å². The molecule has 0 aliphatic rings. The number of sulfone groups is 1. The second-order valence-electron chi connectivity index (χ2n) is 6.09. The van der Waals surface area contributed by atoms with Crippen LogP contribution in [0.4, 0.5) is 13.2 Å². The van der Waals surface area contributed by atoms with E-state index in [0.717, 1.165) is 6.26 Å². The van der Waals surface area contributed by atoms with Gasteiger partial charge in [-0.15, -0.1) is 0 Å². The highest BCUT2D eigenvalue weighted by Gasteiger charge is 2.33. The second-order valence-corrected chi connectivity index (χ2v) is 8.11. The van der Waals surface area contributed by atoms with E-state index in [0.29, 0.717) is 11.6 Å². The van der Waals surface area contributed by atoms with Gasteiger partial charge in [-0.3, -0.25) is 10.2 Å². The molecule has 1 aromatic carbocycles. The zero-order valence-electron chi connectivity index (χ0n) is 16.0. The molecule has 0 spiro atoms. The van der Waals surface area contributed by atoms with Crippen LogP contribution in [0.15, 0.2) is 51.8 Å². The first kappa shape index (κ1) is 23.2. The number of nitrogens with one attached hydrogen (secondary N) is 2. The third-order valence-electron chi connectivity index (χ3n) is 3.74. The summed E-state index contributed by atoms with van der Waals surface area (Å²) in [6.45, 7) is 1.24. The summed E-state index contributed by atoms with van der Waals surface area (Å²) in [5.41, 5.74) is -1.51. The zero-order valence-corrected chi connectivity index (χ0v) is 16.9. The Labute approximate surface area is 171 Å². The van der Waals surface area contributed by atoms with Gasteiger partial charge in [0.2, 0.25) is 0 Å². The van der Waals surface area contributed by atoms with E-state index in [9.17, 15) is 26.4 Å². The second kappa shape index (κ2) is 9.16. The first-order chi connectivity index (χ1) is 13.9. The predicted molar refractivity (Wildman–Crippen MR) is 104 cm³/mol. The number of carbonyl (C=O) groups is 1. The maximum atomic E-state index is 12.8. The molecular weight excluding hydrogens is 425 g/mol. The number of halogens is 3. The number of benzene rings is 1. The summed E-state index contributed by atoms with van der Waals surface area (Å²) >= 11 is 0. The van der Waals surface area contributed by atoms with Crippen molar-refractivity contribution in [3.05, 3.63) is 48.2 Å². The summed E-state index contributed by atoms with van der Waals surface area (Å²) in [6.07, 6.45) is -3.35. The molecule has 0 unspecified atom stereocenters. The first-order valence-electron chi connectivity index (χ1n) is 8.59. The van der Waals surface area contributed by atoms with Gasteiger partial charge in [-0.1, -0.05) is 12.1 Å². The number of esters is 1. The molecule has 2 N–H and O–H groups in total. The molecule has 0 saturated carbocycles. The third kappa shape index (κ3) is 6.21. The van der Waals surface area contributed by atoms with Crippen LogP contribution in [0.3, 0.4) is 0 Å². The van der Waals surface area contributed by atoms with E-state index in [4.69, 9.17) is 14.6 Å². The van der Waals surface area contributed by atoms with Crippen molar-refractivity contribution < 1.29 is 35.5 Å². The van der Waals surface area contributed by atoms with E-state index >= 15 is 0 Å². The standard InChI is InChI=1S/C19H19F3N2O5S/c1-3-28-18(25)11-24-14(10-17(23)19(20,21)22)16-8-7-15(29-16)12-5-4-6-13(9-12)30(2,26)27/h4-10,23-24H,3,11H2,1-2H3/b14-10-,23-17?. The highest BCUT2D eigenvalue weighted by molar-refractivity contribution is 7.90. The molecule has 2 rings (SSSR count). The van der Waals surface area contributed by atoms with Gasteiger partial charge in [0, 0.05) is 11.8 Å². The summed E-state index contributed by atoms with van der Waals surface area (Å²) in [6, 6.07) is 8.63. The molecule has 2 aromatic rings. The van der Waals surface area contributed by atoms with Crippen LogP contribution >= 0.6 is 0 Å². The Balaban J connectivity index is 2.39. The molecule has 162 valence electrons. The highest BCUT2D eigenvalue weighted by atomic mass is 32.2. The molecule has 0 aliphatic carbocycles. The summed E-state index contributed by atoms with van der Waals surface area (Å²) in [7, 11) is -3.47. The normalized spacial score (nSPS) is 12.5. The van der Waals surface area contributed by atoms with E-state index < -0.39 is 34.2 Å². The van der Waals surface area contributed by atoms with Crippen molar-refractivity contribution in [2.45, 2.75) is 18.0 Å². The predicted octanol–water partition coefficient (Wildman–Crippen LogP) is 3.43. The summed E-state index contributed by atoms with van der Waals surface area (Å²) < 4.78 is 72.1. The van der Waals surface area contributed by atoms with Crippen molar-refractivity contribution in [1.82, 2.24) is 5.32 Å². The van der Waals surface area contributed by atoms with Crippen molar-refractivity contribution in [3.8, 4) is 11.3 Å². The van der Waals surface area contributed by atoms with Crippen LogP contribution in [0.2, 0.25) is 0 Å². The molecule has 0 amide bonds. The number of allylic oxidation sites excluding steroid dienone is 1. The lowest BCUT2D eigenvalue weighted by Crippen LogP contribution is -2.26. The SMILES string of the molecule is CCOC(=O)CN/C(=C\C(=N)C(F)(F)F)c1ccc(-c2cccc(S(C)(=O)=O)c2)o1. The summed E-state index contributed by atoms with van der Waals surface area (Å²) in [5.74, 6) is -0.583. The summed E-state index contributed by atoms with van der Waals surface area (Å²) in [5, 5.41) is 9.67. The number of rotatable bonds is 8. The molecule has 30 heavy (non-hydrogen) atoms. The fourth-order valence-electron chi connectivity index (χ4n) is 2.33. The average molecular weight is 444 g/mol. The van der Waals surface area contributed by atoms with Crippen LogP contribution in [-0.2, 0) is 19.4 Å². The van der Waals surface area contributed by atoms with Gasteiger partial charge in [-0.2, -0.15) is 13.2 Å². The monoisotopic (exact) mass is 444 g/mol. The van der Waals surface area contributed by atoms with Crippen LogP contribution in [0.5, 0.6) is 0 Å². The molecular formula is C19H19F3N2O5S. The number of hydrogen-bond acceptors (Lipinski definition) is 7. The molecule has 0 aliphatic heterocycles. The fourth-order valence-corrected chi connectivity index (χ4v) is 3.00. The Bertz CT molecular complexity index is 1070. The molecule has 0 fully saturated rings. The van der Waals surface area contributed by atoms with Gasteiger partial charge in [-0.05, 0) is 37.3 Å². The molecule has 0 saturated heterocycles. The number of carbonyl (C=O) groups excluding carboxylic acids is 1. The minimum absolute atomic E-state index is 0.0491. The Hall–Kier alpha value is -3.08. The number of alkyl halides is 3. The Morgan fingerprint density at radius 1 is 1.27 bits per heavy atom. The molecule has 7 nitrogen and oxygen atoms in total. The molecule has 0 atom stereocenters. The van der Waals surface area contributed by atoms with Crippen molar-refractivity contribution in [1.29, 1.82) is 5.41 Å². The maximum absolute atomic E-state index is 12.8. The number of hydrogen-bond donors (Lipinski definition) is 2. The van der Waals surface area contributed by atoms with E-state index in [2.05, 4.69) is 5.32 Å². The van der Waals surface area contributed by atoms with E-state index in [1.165, 1.54) is 30.3 Å². The van der Waals surface area contributed by atoms with Crippen molar-refractivity contribution >= 4 is 27.2 Å². The first-order valence-corrected chi connectivity index (χ1v) is 10.5. The molecule has 1 aromatic heterocycles. The highest BCUT2D eigenvalue weighted by Crippen LogP contribution is 2.28. The minimum Gasteiger partial charge on any atom is -0.465 e. The molecule has 0 bridgehead atoms. The zero-order chi connectivity index (χ0) is 22.5. The smallest absolute Gasteiger partial charge is 0.432 e. The van der Waals surface area contributed by atoms with Crippen molar-refractivity contribution in [2.24, 2.45) is 0 Å². The van der Waals surface area contributed by atoms with E-state index in [-0.39, 0.29) is 28.7 Å². The Morgan fingerprint density at radius 2 is 1.97 bits per heavy atom. The third-order valence-corrected chi connectivity index (χ3v) is 4.85. The Kier molecular flexibility index (Phi) is 7.08. The lowest BCUT2D eigenvalue weighted by molar-refractivity contribution is -0.141. The van der Waals surface area contributed by atoms with Gasteiger partial charge in [0.25, 0.3) is 0 Å². The summed E-state index contributed by atoms with van der Waals surface area (Å²) in [4.78, 5) is 11.6. The van der Waals surface area contributed by atoms with Crippen molar-refractivity contribution in [2.75, 3.05) is 19.4 Å². The van der Waals surface area contributed by atoms with Crippen molar-refractivity contribution in [3.63, 3.8) is 0 Å². The Morgan fingerprint density at radius 3 is 2.57 bits per heavy atom. The van der Waals surface area contributed by atoms with Gasteiger partial charge in [0.15, 0.2) is 15.6 Å². The van der Waals surface area contributed by atoms with Crippen LogP contribution in [-0.4, -0.2) is 45.7 Å². The van der Waals surface area contributed by atoms with Crippen LogP contribution < -0.4 is 5.32 Å². The lowest BCUT2D eigenvalue weighted by Gasteiger charge is -2.10. The van der Waals surface area contributed by atoms with Gasteiger partial charge >= 0.3 is 12.1 Å². The van der Waals surface area contributed by atoms with Gasteiger partial charge in [0.1, 0.15) is 18.0 Å². The molecule has 0 radical (unpaired) electrons. The minimum atomic E-state index is -4.89. The van der Waals surface area contributed by atoms with E-state index in [1.807, 2.05) is 0 Å². The maximum Gasteiger partial charge on any atom is 0.432 e.